The number of rotatable bonds is 10. The molecule has 188 valence electrons. The van der Waals surface area contributed by atoms with Crippen molar-refractivity contribution in [2.45, 2.75) is 13.3 Å². The van der Waals surface area contributed by atoms with Crippen LogP contribution in [0.5, 0.6) is 5.75 Å². The van der Waals surface area contributed by atoms with Gasteiger partial charge in [-0.15, -0.1) is 0 Å². The molecule has 0 saturated heterocycles. The number of non-ortho nitro benzene ring substituents is 1. The molecule has 3 aromatic carbocycles. The van der Waals surface area contributed by atoms with Crippen LogP contribution in [0.15, 0.2) is 85.0 Å². The maximum absolute atomic E-state index is 12.0. The summed E-state index contributed by atoms with van der Waals surface area (Å²) in [7, 11) is 0. The van der Waals surface area contributed by atoms with Crippen LogP contribution in [0.4, 0.5) is 11.4 Å². The highest BCUT2D eigenvalue weighted by Crippen LogP contribution is 2.25. The van der Waals surface area contributed by atoms with E-state index < -0.39 is 27.5 Å². The van der Waals surface area contributed by atoms with Crippen molar-refractivity contribution >= 4 is 29.4 Å². The van der Waals surface area contributed by atoms with Crippen molar-refractivity contribution in [1.29, 1.82) is 0 Å². The van der Waals surface area contributed by atoms with Crippen LogP contribution >= 0.6 is 0 Å². The first-order chi connectivity index (χ1) is 17.6. The maximum atomic E-state index is 12.0. The molecule has 0 aliphatic rings. The second kappa shape index (κ2) is 12.0. The van der Waals surface area contributed by atoms with Crippen molar-refractivity contribution in [3.05, 3.63) is 116 Å². The minimum atomic E-state index is -0.714. The van der Waals surface area contributed by atoms with Crippen LogP contribution in [0.1, 0.15) is 18.1 Å². The van der Waals surface area contributed by atoms with Gasteiger partial charge < -0.3 is 9.47 Å². The summed E-state index contributed by atoms with van der Waals surface area (Å²) >= 11 is 0. The summed E-state index contributed by atoms with van der Waals surface area (Å²) in [5.41, 5.74) is 2.33. The van der Waals surface area contributed by atoms with E-state index in [-0.39, 0.29) is 24.3 Å². The van der Waals surface area contributed by atoms with E-state index >= 15 is 0 Å². The van der Waals surface area contributed by atoms with Crippen LogP contribution in [0.3, 0.4) is 0 Å². The number of carbonyl (C=O) groups excluding carboxylic acids is 2. The lowest BCUT2D eigenvalue weighted by Gasteiger charge is -2.06. The van der Waals surface area contributed by atoms with Crippen LogP contribution in [-0.2, 0) is 20.7 Å². The number of nitro groups is 2. The Labute approximate surface area is 211 Å². The van der Waals surface area contributed by atoms with Gasteiger partial charge >= 0.3 is 11.9 Å². The lowest BCUT2D eigenvalue weighted by Crippen LogP contribution is -2.07. The third-order valence-corrected chi connectivity index (χ3v) is 5.16. The molecule has 3 rings (SSSR count). The molecule has 0 atom stereocenters. The van der Waals surface area contributed by atoms with Gasteiger partial charge in [-0.2, -0.15) is 0 Å². The summed E-state index contributed by atoms with van der Waals surface area (Å²) < 4.78 is 10.3. The number of nitrogens with zero attached hydrogens (tertiary/aromatic N) is 2. The third kappa shape index (κ3) is 7.43. The highest BCUT2D eigenvalue weighted by molar-refractivity contribution is 5.89. The summed E-state index contributed by atoms with van der Waals surface area (Å²) in [6, 6.07) is 17.7. The van der Waals surface area contributed by atoms with Gasteiger partial charge in [-0.25, -0.2) is 9.59 Å². The first-order valence-electron chi connectivity index (χ1n) is 11.0. The number of ether oxygens (including phenoxy) is 2. The Morgan fingerprint density at radius 3 is 2.11 bits per heavy atom. The molecule has 0 aliphatic carbocycles. The summed E-state index contributed by atoms with van der Waals surface area (Å²) in [5, 5.41) is 22.0. The Morgan fingerprint density at radius 2 is 1.54 bits per heavy atom. The molecule has 37 heavy (non-hydrogen) atoms. The lowest BCUT2D eigenvalue weighted by molar-refractivity contribution is -0.394. The molecule has 0 bridgehead atoms. The minimum Gasteiger partial charge on any atom is -0.462 e. The molecule has 0 unspecified atom stereocenters. The Kier molecular flexibility index (Phi) is 8.61. The Balaban J connectivity index is 1.54. The van der Waals surface area contributed by atoms with Crippen LogP contribution in [0, 0.1) is 20.2 Å². The first kappa shape index (κ1) is 26.5. The number of hydrogen-bond acceptors (Lipinski definition) is 8. The van der Waals surface area contributed by atoms with Crippen molar-refractivity contribution in [3.63, 3.8) is 0 Å². The van der Waals surface area contributed by atoms with E-state index in [1.807, 2.05) is 36.4 Å². The molecule has 0 fully saturated rings. The fourth-order valence-electron chi connectivity index (χ4n) is 3.22. The SMILES string of the molecule is C=C(C)C(=O)Oc1ccc(-c2ccc(/C=C/C(=O)OCCc3ccc([N+](=O)[O-])cc3[N+](=O)[O-])cc2)cc1. The molecular weight excluding hydrogens is 480 g/mol. The number of benzene rings is 3. The number of esters is 2. The normalized spacial score (nSPS) is 10.6. The van der Waals surface area contributed by atoms with E-state index in [9.17, 15) is 29.8 Å². The van der Waals surface area contributed by atoms with Crippen LogP contribution in [-0.4, -0.2) is 28.4 Å². The fourth-order valence-corrected chi connectivity index (χ4v) is 3.22. The predicted octanol–water partition coefficient (Wildman–Crippen LogP) is 5.45. The molecule has 0 heterocycles. The summed E-state index contributed by atoms with van der Waals surface area (Å²) in [6.45, 7) is 4.99. The summed E-state index contributed by atoms with van der Waals surface area (Å²) in [6.07, 6.45) is 2.85. The lowest BCUT2D eigenvalue weighted by atomic mass is 10.0. The molecule has 0 spiro atoms. The molecule has 0 aromatic heterocycles. The predicted molar refractivity (Wildman–Crippen MR) is 136 cm³/mol. The minimum absolute atomic E-state index is 0.0355. The van der Waals surface area contributed by atoms with Gasteiger partial charge in [0, 0.05) is 29.7 Å². The van der Waals surface area contributed by atoms with Crippen molar-refractivity contribution in [1.82, 2.24) is 0 Å². The average Bonchev–Trinajstić information content (AvgIpc) is 2.88. The zero-order valence-corrected chi connectivity index (χ0v) is 19.8. The van der Waals surface area contributed by atoms with Gasteiger partial charge in [0.1, 0.15) is 5.75 Å². The Morgan fingerprint density at radius 1 is 0.919 bits per heavy atom. The van der Waals surface area contributed by atoms with Crippen molar-refractivity contribution in [2.24, 2.45) is 0 Å². The van der Waals surface area contributed by atoms with E-state index in [4.69, 9.17) is 9.47 Å². The Bertz CT molecular complexity index is 1380. The quantitative estimate of drug-likeness (QED) is 0.117. The zero-order valence-electron chi connectivity index (χ0n) is 19.8. The van der Waals surface area contributed by atoms with Gasteiger partial charge in [0.2, 0.25) is 0 Å². The zero-order chi connectivity index (χ0) is 26.9. The fraction of sp³-hybridized carbons (Fsp3) is 0.111. The van der Waals surface area contributed by atoms with Gasteiger partial charge in [-0.05, 0) is 47.9 Å². The average molecular weight is 502 g/mol. The van der Waals surface area contributed by atoms with Crippen LogP contribution in [0.25, 0.3) is 17.2 Å². The van der Waals surface area contributed by atoms with E-state index in [0.717, 1.165) is 22.8 Å². The number of hydrogen-bond donors (Lipinski definition) is 0. The second-order valence-electron chi connectivity index (χ2n) is 7.89. The largest absolute Gasteiger partial charge is 0.462 e. The van der Waals surface area contributed by atoms with Crippen LogP contribution < -0.4 is 4.74 Å². The second-order valence-corrected chi connectivity index (χ2v) is 7.89. The van der Waals surface area contributed by atoms with Crippen LogP contribution in [0.2, 0.25) is 0 Å². The standard InChI is InChI=1S/C27H22N2O8/c1-18(2)27(31)37-24-12-9-21(10-13-24)20-6-3-19(4-7-20)5-14-26(30)36-16-15-22-8-11-23(28(32)33)17-25(22)29(34)35/h3-14,17H,1,15-16H2,2H3/b14-5+. The highest BCUT2D eigenvalue weighted by Gasteiger charge is 2.19. The van der Waals surface area contributed by atoms with Gasteiger partial charge in [0.25, 0.3) is 11.4 Å². The molecule has 0 radical (unpaired) electrons. The molecule has 0 aliphatic heterocycles. The third-order valence-electron chi connectivity index (χ3n) is 5.16. The molecule has 10 heteroatoms. The van der Waals surface area contributed by atoms with Gasteiger partial charge in [0.05, 0.1) is 22.5 Å². The topological polar surface area (TPSA) is 139 Å². The molecule has 0 saturated carbocycles. The molecule has 0 N–H and O–H groups in total. The molecular formula is C27H22N2O8. The summed E-state index contributed by atoms with van der Waals surface area (Å²) in [4.78, 5) is 44.2. The maximum Gasteiger partial charge on any atom is 0.338 e. The van der Waals surface area contributed by atoms with E-state index in [2.05, 4.69) is 6.58 Å². The van der Waals surface area contributed by atoms with Crippen molar-refractivity contribution in [2.75, 3.05) is 6.61 Å². The molecule has 0 amide bonds. The molecule has 10 nitrogen and oxygen atoms in total. The number of nitro benzene ring substituents is 2. The molecule has 3 aromatic rings. The van der Waals surface area contributed by atoms with Gasteiger partial charge in [-0.3, -0.25) is 20.2 Å². The Hall–Kier alpha value is -5.12. The van der Waals surface area contributed by atoms with E-state index in [0.29, 0.717) is 11.3 Å². The smallest absolute Gasteiger partial charge is 0.338 e. The highest BCUT2D eigenvalue weighted by atomic mass is 16.6. The van der Waals surface area contributed by atoms with Gasteiger partial charge in [-0.1, -0.05) is 43.0 Å². The first-order valence-corrected chi connectivity index (χ1v) is 11.0. The summed E-state index contributed by atoms with van der Waals surface area (Å²) in [5.74, 6) is -0.707. The monoisotopic (exact) mass is 502 g/mol. The van der Waals surface area contributed by atoms with Crippen molar-refractivity contribution < 1.29 is 28.9 Å². The van der Waals surface area contributed by atoms with Crippen molar-refractivity contribution in [3.8, 4) is 16.9 Å². The van der Waals surface area contributed by atoms with E-state index in [1.165, 1.54) is 18.2 Å². The van der Waals surface area contributed by atoms with Gasteiger partial charge in [0.15, 0.2) is 0 Å². The van der Waals surface area contributed by atoms with E-state index in [1.54, 1.807) is 25.1 Å². The number of carbonyl (C=O) groups is 2.